The summed E-state index contributed by atoms with van der Waals surface area (Å²) in [5, 5.41) is 6.91. The third kappa shape index (κ3) is 2.84. The molecule has 0 bridgehead atoms. The lowest BCUT2D eigenvalue weighted by Gasteiger charge is -2.16. The van der Waals surface area contributed by atoms with Crippen molar-refractivity contribution in [2.24, 2.45) is 5.92 Å². The number of aromatic nitrogens is 1. The number of para-hydroxylation sites is 1. The van der Waals surface area contributed by atoms with Gasteiger partial charge in [0.25, 0.3) is 5.91 Å². The zero-order chi connectivity index (χ0) is 15.5. The van der Waals surface area contributed by atoms with Crippen LogP contribution in [0.1, 0.15) is 41.9 Å². The summed E-state index contributed by atoms with van der Waals surface area (Å²) in [6.45, 7) is 4.61. The molecule has 5 nitrogen and oxygen atoms in total. The molecule has 1 aliphatic rings. The minimum absolute atomic E-state index is 0.235. The molecule has 22 heavy (non-hydrogen) atoms. The first-order valence-corrected chi connectivity index (χ1v) is 7.69. The first-order valence-electron chi connectivity index (χ1n) is 7.69. The number of nitrogens with one attached hydrogen (secondary N) is 1. The van der Waals surface area contributed by atoms with Crippen LogP contribution in [0.5, 0.6) is 5.75 Å². The number of hydrogen-bond acceptors (Lipinski definition) is 4. The highest BCUT2D eigenvalue weighted by Gasteiger charge is 2.25. The summed E-state index contributed by atoms with van der Waals surface area (Å²) in [7, 11) is 0. The predicted molar refractivity (Wildman–Crippen MR) is 83.3 cm³/mol. The summed E-state index contributed by atoms with van der Waals surface area (Å²) in [6, 6.07) is 7.19. The largest absolute Gasteiger partial charge is 0.493 e. The molecule has 1 atom stereocenters. The smallest absolute Gasteiger partial charge is 0.261 e. The molecular weight excluding hydrogens is 280 g/mol. The zero-order valence-corrected chi connectivity index (χ0v) is 12.9. The molecule has 1 aromatic carbocycles. The van der Waals surface area contributed by atoms with Crippen molar-refractivity contribution in [1.82, 2.24) is 5.16 Å². The Kier molecular flexibility index (Phi) is 4.13. The number of rotatable bonds is 4. The standard InChI is InChI=1S/C17H20N2O3/c1-3-21-15-7-5-4-6-12(15)16(20)18-17-13-10-11(2)8-9-14(13)19-22-17/h4-7,11H,3,8-10H2,1-2H3,(H,18,20)/t11-/m1/s1. The molecule has 1 heterocycles. The van der Waals surface area contributed by atoms with E-state index < -0.39 is 0 Å². The highest BCUT2D eigenvalue weighted by atomic mass is 16.5. The molecule has 5 heteroatoms. The summed E-state index contributed by atoms with van der Waals surface area (Å²) >= 11 is 0. The molecule has 0 aliphatic heterocycles. The van der Waals surface area contributed by atoms with E-state index in [0.29, 0.717) is 29.7 Å². The van der Waals surface area contributed by atoms with Gasteiger partial charge in [-0.05, 0) is 44.2 Å². The number of aryl methyl sites for hydroxylation is 1. The van der Waals surface area contributed by atoms with Gasteiger partial charge in [-0.2, -0.15) is 0 Å². The van der Waals surface area contributed by atoms with Crippen molar-refractivity contribution in [3.63, 3.8) is 0 Å². The quantitative estimate of drug-likeness (QED) is 0.939. The lowest BCUT2D eigenvalue weighted by molar-refractivity contribution is 0.102. The Bertz CT molecular complexity index is 678. The second-order valence-corrected chi connectivity index (χ2v) is 5.67. The molecule has 1 aliphatic carbocycles. The second-order valence-electron chi connectivity index (χ2n) is 5.67. The first-order chi connectivity index (χ1) is 10.7. The van der Waals surface area contributed by atoms with E-state index in [4.69, 9.17) is 9.26 Å². The van der Waals surface area contributed by atoms with Gasteiger partial charge in [0, 0.05) is 5.56 Å². The summed E-state index contributed by atoms with van der Waals surface area (Å²) in [5.41, 5.74) is 2.49. The van der Waals surface area contributed by atoms with Crippen LogP contribution in [0.15, 0.2) is 28.8 Å². The Morgan fingerprint density at radius 1 is 1.45 bits per heavy atom. The number of ether oxygens (including phenoxy) is 1. The number of carbonyl (C=O) groups excluding carboxylic acids is 1. The van der Waals surface area contributed by atoms with E-state index in [1.54, 1.807) is 12.1 Å². The van der Waals surface area contributed by atoms with Crippen LogP contribution in [0.3, 0.4) is 0 Å². The lowest BCUT2D eigenvalue weighted by atomic mass is 9.89. The third-order valence-corrected chi connectivity index (χ3v) is 3.95. The van der Waals surface area contributed by atoms with Crippen LogP contribution in [0.4, 0.5) is 5.88 Å². The maximum Gasteiger partial charge on any atom is 0.261 e. The van der Waals surface area contributed by atoms with E-state index in [-0.39, 0.29) is 5.91 Å². The van der Waals surface area contributed by atoms with Crippen LogP contribution in [-0.4, -0.2) is 17.7 Å². The van der Waals surface area contributed by atoms with Crippen LogP contribution in [0.2, 0.25) is 0 Å². The number of anilines is 1. The highest BCUT2D eigenvalue weighted by molar-refractivity contribution is 6.05. The monoisotopic (exact) mass is 300 g/mol. The molecule has 0 saturated carbocycles. The van der Waals surface area contributed by atoms with Gasteiger partial charge in [0.2, 0.25) is 5.88 Å². The van der Waals surface area contributed by atoms with Crippen molar-refractivity contribution < 1.29 is 14.1 Å². The molecule has 0 unspecified atom stereocenters. The minimum atomic E-state index is -0.235. The Hall–Kier alpha value is -2.30. The van der Waals surface area contributed by atoms with Crippen molar-refractivity contribution in [3.05, 3.63) is 41.1 Å². The highest BCUT2D eigenvalue weighted by Crippen LogP contribution is 2.31. The molecule has 0 radical (unpaired) electrons. The van der Waals surface area contributed by atoms with Crippen LogP contribution in [-0.2, 0) is 12.8 Å². The van der Waals surface area contributed by atoms with Crippen LogP contribution in [0.25, 0.3) is 0 Å². The Balaban J connectivity index is 1.82. The molecule has 1 aromatic heterocycles. The van der Waals surface area contributed by atoms with E-state index >= 15 is 0 Å². The summed E-state index contributed by atoms with van der Waals surface area (Å²) in [6.07, 6.45) is 2.91. The Morgan fingerprint density at radius 2 is 2.27 bits per heavy atom. The number of amides is 1. The van der Waals surface area contributed by atoms with E-state index in [9.17, 15) is 4.79 Å². The number of carbonyl (C=O) groups is 1. The average molecular weight is 300 g/mol. The van der Waals surface area contributed by atoms with Gasteiger partial charge in [-0.3, -0.25) is 10.1 Å². The summed E-state index contributed by atoms with van der Waals surface area (Å²) in [5.74, 6) is 1.39. The Labute approximate surface area is 129 Å². The number of nitrogens with zero attached hydrogens (tertiary/aromatic N) is 1. The number of benzene rings is 1. The predicted octanol–water partition coefficient (Wildman–Crippen LogP) is 3.45. The maximum absolute atomic E-state index is 12.5. The van der Waals surface area contributed by atoms with Crippen LogP contribution >= 0.6 is 0 Å². The molecule has 2 aromatic rings. The topological polar surface area (TPSA) is 64.4 Å². The van der Waals surface area contributed by atoms with Gasteiger partial charge < -0.3 is 9.26 Å². The molecule has 1 amide bonds. The summed E-state index contributed by atoms with van der Waals surface area (Å²) in [4.78, 5) is 12.5. The van der Waals surface area contributed by atoms with Gasteiger partial charge in [0.05, 0.1) is 17.9 Å². The van der Waals surface area contributed by atoms with E-state index in [2.05, 4.69) is 17.4 Å². The van der Waals surface area contributed by atoms with E-state index in [1.165, 1.54) is 0 Å². The molecule has 3 rings (SSSR count). The van der Waals surface area contributed by atoms with Crippen LogP contribution < -0.4 is 10.1 Å². The second kappa shape index (κ2) is 6.22. The van der Waals surface area contributed by atoms with Gasteiger partial charge >= 0.3 is 0 Å². The number of hydrogen-bond donors (Lipinski definition) is 1. The van der Waals surface area contributed by atoms with Crippen molar-refractivity contribution in [1.29, 1.82) is 0 Å². The molecule has 0 fully saturated rings. The fraction of sp³-hybridized carbons (Fsp3) is 0.412. The maximum atomic E-state index is 12.5. The third-order valence-electron chi connectivity index (χ3n) is 3.95. The van der Waals surface area contributed by atoms with Gasteiger partial charge in [-0.15, -0.1) is 0 Å². The molecule has 1 N–H and O–H groups in total. The van der Waals surface area contributed by atoms with Gasteiger partial charge in [-0.1, -0.05) is 24.2 Å². The van der Waals surface area contributed by atoms with Crippen molar-refractivity contribution in [2.45, 2.75) is 33.1 Å². The van der Waals surface area contributed by atoms with Gasteiger partial charge in [-0.25, -0.2) is 0 Å². The van der Waals surface area contributed by atoms with Crippen molar-refractivity contribution in [3.8, 4) is 5.75 Å². The Morgan fingerprint density at radius 3 is 3.09 bits per heavy atom. The van der Waals surface area contributed by atoms with Crippen molar-refractivity contribution >= 4 is 11.8 Å². The molecule has 116 valence electrons. The number of fused-ring (bicyclic) bond motifs is 1. The minimum Gasteiger partial charge on any atom is -0.493 e. The fourth-order valence-corrected chi connectivity index (χ4v) is 2.79. The average Bonchev–Trinajstić information content (AvgIpc) is 2.90. The van der Waals surface area contributed by atoms with E-state index in [0.717, 1.165) is 30.5 Å². The van der Waals surface area contributed by atoms with Gasteiger partial charge in [0.15, 0.2) is 0 Å². The molecule has 0 saturated heterocycles. The lowest BCUT2D eigenvalue weighted by Crippen LogP contribution is -2.16. The normalized spacial score (nSPS) is 16.9. The zero-order valence-electron chi connectivity index (χ0n) is 12.9. The van der Waals surface area contributed by atoms with Crippen LogP contribution in [0, 0.1) is 5.92 Å². The van der Waals surface area contributed by atoms with Gasteiger partial charge in [0.1, 0.15) is 5.75 Å². The van der Waals surface area contributed by atoms with Crippen molar-refractivity contribution in [2.75, 3.05) is 11.9 Å². The van der Waals surface area contributed by atoms with E-state index in [1.807, 2.05) is 19.1 Å². The summed E-state index contributed by atoms with van der Waals surface area (Å²) < 4.78 is 10.8. The molecule has 0 spiro atoms. The SMILES string of the molecule is CCOc1ccccc1C(=O)Nc1onc2c1C[C@H](C)CC2. The first kappa shape index (κ1) is 14.6. The fourth-order valence-electron chi connectivity index (χ4n) is 2.79. The molecular formula is C17H20N2O3.